The summed E-state index contributed by atoms with van der Waals surface area (Å²) >= 11 is 1.52. The number of aromatic nitrogens is 3. The number of fused-ring (bicyclic) bond motifs is 1. The molecule has 1 unspecified atom stereocenters. The molecule has 1 atom stereocenters. The van der Waals surface area contributed by atoms with Gasteiger partial charge in [0.15, 0.2) is 5.60 Å². The van der Waals surface area contributed by atoms with Crippen molar-refractivity contribution in [2.45, 2.75) is 31.5 Å². The fourth-order valence-corrected chi connectivity index (χ4v) is 4.93. The Morgan fingerprint density at radius 1 is 1.25 bits per heavy atom. The maximum atomic E-state index is 12.2. The van der Waals surface area contributed by atoms with Gasteiger partial charge < -0.3 is 20.1 Å². The first-order chi connectivity index (χ1) is 15.4. The molecule has 3 N–H and O–H groups in total. The van der Waals surface area contributed by atoms with E-state index in [1.807, 2.05) is 48.0 Å². The number of hydrogen-bond acceptors (Lipinski definition) is 7. The standard InChI is InChI=1S/C24H24N4O3S/c1-14-10-16(12-28(2)22(14)30)15-5-8-19-18(11-15)21(27-23(25)26-19)24(13-29,31-17-6-7-17)20-4-3-9-32-20/h3-5,8-12,17,29H,6-7,13H2,1-2H3,(H2,25,26,27). The van der Waals surface area contributed by atoms with E-state index in [1.165, 1.54) is 11.3 Å². The van der Waals surface area contributed by atoms with Gasteiger partial charge in [0, 0.05) is 29.1 Å². The van der Waals surface area contributed by atoms with Gasteiger partial charge in [-0.05, 0) is 60.5 Å². The lowest BCUT2D eigenvalue weighted by Crippen LogP contribution is -2.37. The first kappa shape index (κ1) is 20.8. The average Bonchev–Trinajstić information content (AvgIpc) is 3.42. The van der Waals surface area contributed by atoms with E-state index >= 15 is 0 Å². The summed E-state index contributed by atoms with van der Waals surface area (Å²) in [6.07, 6.45) is 3.79. The molecule has 7 nitrogen and oxygen atoms in total. The number of pyridine rings is 1. The zero-order valence-corrected chi connectivity index (χ0v) is 18.7. The van der Waals surface area contributed by atoms with E-state index in [0.29, 0.717) is 16.8 Å². The van der Waals surface area contributed by atoms with E-state index in [9.17, 15) is 9.90 Å². The highest BCUT2D eigenvalue weighted by molar-refractivity contribution is 7.10. The van der Waals surface area contributed by atoms with E-state index in [4.69, 9.17) is 10.5 Å². The Hall–Kier alpha value is -3.07. The van der Waals surface area contributed by atoms with Crippen LogP contribution in [0.1, 0.15) is 29.0 Å². The highest BCUT2D eigenvalue weighted by Crippen LogP contribution is 2.43. The van der Waals surface area contributed by atoms with Crippen LogP contribution in [-0.4, -0.2) is 32.4 Å². The van der Waals surface area contributed by atoms with Gasteiger partial charge in [0.05, 0.1) is 23.9 Å². The summed E-state index contributed by atoms with van der Waals surface area (Å²) < 4.78 is 8.04. The molecule has 32 heavy (non-hydrogen) atoms. The van der Waals surface area contributed by atoms with E-state index in [1.54, 1.807) is 18.5 Å². The predicted molar refractivity (Wildman–Crippen MR) is 126 cm³/mol. The lowest BCUT2D eigenvalue weighted by Gasteiger charge is -2.32. The van der Waals surface area contributed by atoms with Crippen LogP contribution in [-0.2, 0) is 17.4 Å². The van der Waals surface area contributed by atoms with Crippen molar-refractivity contribution in [2.24, 2.45) is 7.05 Å². The number of anilines is 1. The van der Waals surface area contributed by atoms with Crippen LogP contribution in [0.4, 0.5) is 5.95 Å². The van der Waals surface area contributed by atoms with Gasteiger partial charge in [-0.1, -0.05) is 12.1 Å². The Balaban J connectivity index is 1.77. The maximum absolute atomic E-state index is 12.2. The summed E-state index contributed by atoms with van der Waals surface area (Å²) in [5, 5.41) is 13.4. The Morgan fingerprint density at radius 2 is 2.06 bits per heavy atom. The van der Waals surface area contributed by atoms with Crippen LogP contribution >= 0.6 is 11.3 Å². The smallest absolute Gasteiger partial charge is 0.253 e. The minimum atomic E-state index is -1.12. The molecule has 0 amide bonds. The van der Waals surface area contributed by atoms with Crippen molar-refractivity contribution in [1.29, 1.82) is 0 Å². The predicted octanol–water partition coefficient (Wildman–Crippen LogP) is 3.36. The Morgan fingerprint density at radius 3 is 2.72 bits per heavy atom. The minimum absolute atomic E-state index is 0.0267. The van der Waals surface area contributed by atoms with Crippen LogP contribution in [0.25, 0.3) is 22.0 Å². The molecule has 8 heteroatoms. The monoisotopic (exact) mass is 448 g/mol. The summed E-state index contributed by atoms with van der Waals surface area (Å²) in [6.45, 7) is 1.54. The van der Waals surface area contributed by atoms with Gasteiger partial charge in [-0.15, -0.1) is 11.3 Å². The van der Waals surface area contributed by atoms with Gasteiger partial charge in [0.1, 0.15) is 0 Å². The molecular formula is C24H24N4O3S. The van der Waals surface area contributed by atoms with Gasteiger partial charge >= 0.3 is 0 Å². The van der Waals surface area contributed by atoms with Gasteiger partial charge in [0.25, 0.3) is 5.56 Å². The largest absolute Gasteiger partial charge is 0.393 e. The van der Waals surface area contributed by atoms with Crippen molar-refractivity contribution in [1.82, 2.24) is 14.5 Å². The molecule has 3 heterocycles. The third-order valence-electron chi connectivity index (χ3n) is 5.83. The second-order valence-corrected chi connectivity index (χ2v) is 9.22. The second kappa shape index (κ2) is 7.81. The first-order valence-corrected chi connectivity index (χ1v) is 11.4. The zero-order chi connectivity index (χ0) is 22.5. The van der Waals surface area contributed by atoms with Crippen LogP contribution in [0, 0.1) is 6.92 Å². The molecule has 1 aromatic carbocycles. The van der Waals surface area contributed by atoms with Gasteiger partial charge in [-0.2, -0.15) is 0 Å². The van der Waals surface area contributed by atoms with Crippen LogP contribution < -0.4 is 11.3 Å². The maximum Gasteiger partial charge on any atom is 0.253 e. The average molecular weight is 449 g/mol. The van der Waals surface area contributed by atoms with E-state index in [2.05, 4.69) is 9.97 Å². The SMILES string of the molecule is Cc1cc(-c2ccc3nc(N)nc(C(CO)(OC4CC4)c4cccs4)c3c2)cn(C)c1=O. The number of thiophene rings is 1. The topological polar surface area (TPSA) is 103 Å². The lowest BCUT2D eigenvalue weighted by molar-refractivity contribution is -0.0648. The highest BCUT2D eigenvalue weighted by Gasteiger charge is 2.44. The summed E-state index contributed by atoms with van der Waals surface area (Å²) in [5.74, 6) is 0.131. The third kappa shape index (κ3) is 3.50. The third-order valence-corrected chi connectivity index (χ3v) is 6.84. The second-order valence-electron chi connectivity index (χ2n) is 8.27. The quantitative estimate of drug-likeness (QED) is 0.469. The number of hydrogen-bond donors (Lipinski definition) is 2. The number of aliphatic hydroxyl groups excluding tert-OH is 1. The molecule has 5 rings (SSSR count). The van der Waals surface area contributed by atoms with Crippen molar-refractivity contribution >= 4 is 28.2 Å². The molecule has 0 bridgehead atoms. The van der Waals surface area contributed by atoms with Crippen molar-refractivity contribution in [2.75, 3.05) is 12.3 Å². The number of nitrogen functional groups attached to an aromatic ring is 1. The molecule has 0 saturated heterocycles. The summed E-state index contributed by atoms with van der Waals surface area (Å²) in [6, 6.07) is 11.6. The number of aliphatic hydroxyl groups is 1. The van der Waals surface area contributed by atoms with Gasteiger partial charge in [-0.3, -0.25) is 4.79 Å². The number of nitrogens with zero attached hydrogens (tertiary/aromatic N) is 3. The molecule has 1 aliphatic rings. The summed E-state index contributed by atoms with van der Waals surface area (Å²) in [7, 11) is 1.74. The first-order valence-electron chi connectivity index (χ1n) is 10.5. The summed E-state index contributed by atoms with van der Waals surface area (Å²) in [5.41, 5.74) is 8.65. The molecule has 0 spiro atoms. The highest BCUT2D eigenvalue weighted by atomic mass is 32.1. The van der Waals surface area contributed by atoms with Crippen LogP contribution in [0.2, 0.25) is 0 Å². The fraction of sp³-hybridized carbons (Fsp3) is 0.292. The normalized spacial score (nSPS) is 15.7. The summed E-state index contributed by atoms with van der Waals surface area (Å²) in [4.78, 5) is 22.0. The van der Waals surface area contributed by atoms with Crippen molar-refractivity contribution in [3.8, 4) is 11.1 Å². The molecule has 0 aliphatic heterocycles. The molecule has 164 valence electrons. The fourth-order valence-electron chi connectivity index (χ4n) is 4.07. The number of aryl methyl sites for hydroxylation is 2. The molecule has 1 saturated carbocycles. The van der Waals surface area contributed by atoms with E-state index in [0.717, 1.165) is 34.2 Å². The number of nitrogens with two attached hydrogens (primary N) is 1. The molecule has 1 aliphatic carbocycles. The van der Waals surface area contributed by atoms with E-state index < -0.39 is 5.60 Å². The van der Waals surface area contributed by atoms with Gasteiger partial charge in [-0.25, -0.2) is 9.97 Å². The number of benzene rings is 1. The molecule has 0 radical (unpaired) electrons. The lowest BCUT2D eigenvalue weighted by atomic mass is 9.92. The minimum Gasteiger partial charge on any atom is -0.393 e. The zero-order valence-electron chi connectivity index (χ0n) is 17.9. The van der Waals surface area contributed by atoms with Crippen molar-refractivity contribution in [3.63, 3.8) is 0 Å². The number of rotatable bonds is 6. The molecule has 3 aromatic heterocycles. The Kier molecular flexibility index (Phi) is 5.08. The van der Waals surface area contributed by atoms with Crippen molar-refractivity contribution in [3.05, 3.63) is 74.5 Å². The van der Waals surface area contributed by atoms with E-state index in [-0.39, 0.29) is 24.2 Å². The Labute approximate surface area is 189 Å². The van der Waals surface area contributed by atoms with Crippen LogP contribution in [0.3, 0.4) is 0 Å². The van der Waals surface area contributed by atoms with Crippen LogP contribution in [0.15, 0.2) is 52.8 Å². The molecule has 4 aromatic rings. The number of ether oxygens (including phenoxy) is 1. The Bertz CT molecular complexity index is 1340. The van der Waals surface area contributed by atoms with Crippen molar-refractivity contribution < 1.29 is 9.84 Å². The molecular weight excluding hydrogens is 424 g/mol. The van der Waals surface area contributed by atoms with Gasteiger partial charge in [0.2, 0.25) is 5.95 Å². The van der Waals surface area contributed by atoms with Crippen LogP contribution in [0.5, 0.6) is 0 Å². The molecule has 1 fully saturated rings.